The van der Waals surface area contributed by atoms with Crippen molar-refractivity contribution in [2.24, 2.45) is 0 Å². The number of esters is 2. The summed E-state index contributed by atoms with van der Waals surface area (Å²) in [5.41, 5.74) is 0. The maximum absolute atomic E-state index is 11.9. The Kier molecular flexibility index (Phi) is 17.1. The third-order valence-electron chi connectivity index (χ3n) is 5.66. The number of rotatable bonds is 18. The van der Waals surface area contributed by atoms with E-state index in [0.717, 1.165) is 24.3 Å². The van der Waals surface area contributed by atoms with Crippen LogP contribution in [0.4, 0.5) is 0 Å². The summed E-state index contributed by atoms with van der Waals surface area (Å²) >= 11 is 14.5. The number of ether oxygens (including phenoxy) is 6. The largest absolute Gasteiger partial charge is 0.466 e. The van der Waals surface area contributed by atoms with Gasteiger partial charge in [-0.25, -0.2) is 0 Å². The molecule has 4 heterocycles. The quantitative estimate of drug-likeness (QED) is 0.129. The highest BCUT2D eigenvalue weighted by atomic mass is 32.3. The topological polar surface area (TPSA) is 89.5 Å². The number of carbonyl (C=O) groups is 2. The van der Waals surface area contributed by atoms with Gasteiger partial charge >= 0.3 is 11.9 Å². The molecule has 0 radical (unpaired) electrons. The molecule has 0 amide bonds. The zero-order valence-corrected chi connectivity index (χ0v) is 30.1. The molecule has 16 heteroatoms. The van der Waals surface area contributed by atoms with Crippen molar-refractivity contribution in [3.8, 4) is 0 Å². The highest BCUT2D eigenvalue weighted by Crippen LogP contribution is 2.66. The van der Waals surface area contributed by atoms with Crippen LogP contribution in [-0.4, -0.2) is 87.2 Å². The predicted octanol–water partition coefficient (Wildman–Crippen LogP) is 7.69. The molecule has 0 aromatic heterocycles. The van der Waals surface area contributed by atoms with Crippen molar-refractivity contribution in [1.29, 1.82) is 0 Å². The Balaban J connectivity index is 1.38. The highest BCUT2D eigenvalue weighted by Gasteiger charge is 2.31. The molecule has 2 saturated heterocycles. The molecule has 236 valence electrons. The van der Waals surface area contributed by atoms with Crippen LogP contribution in [0.1, 0.15) is 39.5 Å². The Bertz CT molecular complexity index is 934. The molecule has 0 aromatic rings. The molecule has 42 heavy (non-hydrogen) atoms. The second kappa shape index (κ2) is 20.1. The van der Waals surface area contributed by atoms with E-state index in [1.54, 1.807) is 47.0 Å². The minimum absolute atomic E-state index is 0.171. The molecule has 2 unspecified atom stereocenters. The van der Waals surface area contributed by atoms with Crippen LogP contribution >= 0.6 is 94.1 Å². The van der Waals surface area contributed by atoms with Crippen LogP contribution in [0.5, 0.6) is 0 Å². The standard InChI is InChI=1S/C26H36O8S8/c1-3-31-19(27)7-11-37-23-24(38-12-8-20(28)32-4-2)42-26(41-23)25-39-21(35-9-5-17-13-29-15-33-17)22(40-25)36-10-6-18-14-30-16-34-18/h17-18H,3-16H2,1-2H3. The average molecular weight is 733 g/mol. The predicted molar refractivity (Wildman–Crippen MR) is 184 cm³/mol. The van der Waals surface area contributed by atoms with Crippen molar-refractivity contribution in [2.45, 2.75) is 51.7 Å². The van der Waals surface area contributed by atoms with Crippen LogP contribution in [0.3, 0.4) is 0 Å². The van der Waals surface area contributed by atoms with Gasteiger partial charge in [0.2, 0.25) is 0 Å². The molecule has 4 aliphatic rings. The fraction of sp³-hybridized carbons (Fsp3) is 0.692. The minimum Gasteiger partial charge on any atom is -0.466 e. The summed E-state index contributed by atoms with van der Waals surface area (Å²) in [6, 6.07) is 0. The Morgan fingerprint density at radius 1 is 0.667 bits per heavy atom. The zero-order valence-electron chi connectivity index (χ0n) is 23.6. The molecule has 4 aliphatic heterocycles. The molecule has 4 rings (SSSR count). The van der Waals surface area contributed by atoms with Gasteiger partial charge in [0, 0.05) is 23.0 Å². The molecule has 8 nitrogen and oxygen atoms in total. The SMILES string of the molecule is CCOC(=O)CCSC1=C(SCCC(=O)OCC)SC(=C2SC(SCCC3COCO3)=C(SCCC3COCO3)S2)S1. The first-order valence-electron chi connectivity index (χ1n) is 13.7. The monoisotopic (exact) mass is 732 g/mol. The third-order valence-corrected chi connectivity index (χ3v) is 17.3. The Hall–Kier alpha value is 0.800. The van der Waals surface area contributed by atoms with E-state index in [1.807, 2.05) is 60.9 Å². The fourth-order valence-electron chi connectivity index (χ4n) is 3.63. The van der Waals surface area contributed by atoms with Gasteiger partial charge in [0.1, 0.15) is 13.6 Å². The van der Waals surface area contributed by atoms with Crippen molar-refractivity contribution < 1.29 is 38.0 Å². The smallest absolute Gasteiger partial charge is 0.306 e. The van der Waals surface area contributed by atoms with E-state index in [1.165, 1.54) is 25.4 Å². The average Bonchev–Trinajstić information content (AvgIpc) is 3.78. The van der Waals surface area contributed by atoms with Gasteiger partial charge in [0.05, 0.1) is 76.9 Å². The summed E-state index contributed by atoms with van der Waals surface area (Å²) in [5, 5.41) is 0. The van der Waals surface area contributed by atoms with Gasteiger partial charge in [-0.2, -0.15) is 0 Å². The van der Waals surface area contributed by atoms with E-state index >= 15 is 0 Å². The van der Waals surface area contributed by atoms with Gasteiger partial charge in [0.15, 0.2) is 0 Å². The molecule has 0 aliphatic carbocycles. The molecular formula is C26H36O8S8. The van der Waals surface area contributed by atoms with Crippen molar-refractivity contribution >= 4 is 106 Å². The van der Waals surface area contributed by atoms with Crippen molar-refractivity contribution in [3.05, 3.63) is 25.4 Å². The Morgan fingerprint density at radius 3 is 1.38 bits per heavy atom. The van der Waals surface area contributed by atoms with Crippen molar-refractivity contribution in [2.75, 3.05) is 63.0 Å². The molecule has 0 spiro atoms. The van der Waals surface area contributed by atoms with Crippen LogP contribution in [0.25, 0.3) is 0 Å². The summed E-state index contributed by atoms with van der Waals surface area (Å²) in [7, 11) is 0. The fourth-order valence-corrected chi connectivity index (χ4v) is 15.8. The van der Waals surface area contributed by atoms with Gasteiger partial charge in [-0.05, 0) is 26.7 Å². The first kappa shape index (κ1) is 35.7. The summed E-state index contributed by atoms with van der Waals surface area (Å²) in [5.74, 6) is 2.93. The van der Waals surface area contributed by atoms with Gasteiger partial charge < -0.3 is 28.4 Å². The first-order chi connectivity index (χ1) is 20.6. The summed E-state index contributed by atoms with van der Waals surface area (Å²) in [6.45, 7) is 6.59. The maximum Gasteiger partial charge on any atom is 0.306 e. The molecule has 0 saturated carbocycles. The Morgan fingerprint density at radius 2 is 1.05 bits per heavy atom. The van der Waals surface area contributed by atoms with Crippen LogP contribution in [0, 0.1) is 0 Å². The van der Waals surface area contributed by atoms with Crippen molar-refractivity contribution in [1.82, 2.24) is 0 Å². The van der Waals surface area contributed by atoms with E-state index in [0.29, 0.717) is 64.4 Å². The van der Waals surface area contributed by atoms with Crippen molar-refractivity contribution in [3.63, 3.8) is 0 Å². The normalized spacial score (nSPS) is 22.6. The van der Waals surface area contributed by atoms with E-state index in [9.17, 15) is 9.59 Å². The second-order valence-electron chi connectivity index (χ2n) is 8.77. The number of thioether (sulfide) groups is 8. The lowest BCUT2D eigenvalue weighted by Crippen LogP contribution is -2.10. The van der Waals surface area contributed by atoms with Crippen LogP contribution in [0.15, 0.2) is 25.4 Å². The lowest BCUT2D eigenvalue weighted by atomic mass is 10.3. The number of hydrogen-bond donors (Lipinski definition) is 0. The summed E-state index contributed by atoms with van der Waals surface area (Å²) < 4.78 is 39.8. The van der Waals surface area contributed by atoms with Gasteiger partial charge in [-0.3, -0.25) is 9.59 Å². The van der Waals surface area contributed by atoms with E-state index in [4.69, 9.17) is 28.4 Å². The van der Waals surface area contributed by atoms with Crippen LogP contribution in [-0.2, 0) is 38.0 Å². The molecule has 0 bridgehead atoms. The third kappa shape index (κ3) is 12.2. The molecular weight excluding hydrogens is 697 g/mol. The number of hydrogen-bond acceptors (Lipinski definition) is 16. The van der Waals surface area contributed by atoms with E-state index in [-0.39, 0.29) is 24.1 Å². The van der Waals surface area contributed by atoms with Crippen LogP contribution < -0.4 is 0 Å². The lowest BCUT2D eigenvalue weighted by Gasteiger charge is -2.09. The first-order valence-corrected chi connectivity index (χ1v) is 20.9. The second-order valence-corrected chi connectivity index (χ2v) is 18.8. The molecule has 0 aromatic carbocycles. The van der Waals surface area contributed by atoms with E-state index < -0.39 is 0 Å². The maximum atomic E-state index is 11.9. The highest BCUT2D eigenvalue weighted by molar-refractivity contribution is 8.45. The van der Waals surface area contributed by atoms with Gasteiger partial charge in [-0.1, -0.05) is 47.0 Å². The number of carbonyl (C=O) groups excluding carboxylic acids is 2. The molecule has 2 atom stereocenters. The molecule has 2 fully saturated rings. The molecule has 0 N–H and O–H groups in total. The van der Waals surface area contributed by atoms with Gasteiger partial charge in [-0.15, -0.1) is 47.0 Å². The minimum atomic E-state index is -0.171. The summed E-state index contributed by atoms with van der Waals surface area (Å²) in [6.07, 6.45) is 3.03. The summed E-state index contributed by atoms with van der Waals surface area (Å²) in [4.78, 5) is 23.8. The van der Waals surface area contributed by atoms with Crippen LogP contribution in [0.2, 0.25) is 0 Å². The zero-order chi connectivity index (χ0) is 29.6. The van der Waals surface area contributed by atoms with E-state index in [2.05, 4.69) is 0 Å². The lowest BCUT2D eigenvalue weighted by molar-refractivity contribution is -0.143. The van der Waals surface area contributed by atoms with Gasteiger partial charge in [0.25, 0.3) is 0 Å². The Labute approximate surface area is 282 Å².